The van der Waals surface area contributed by atoms with Crippen LogP contribution in [0.25, 0.3) is 0 Å². The van der Waals surface area contributed by atoms with Gasteiger partial charge in [-0.3, -0.25) is 4.79 Å². The van der Waals surface area contributed by atoms with E-state index in [-0.39, 0.29) is 0 Å². The third kappa shape index (κ3) is 2.65. The van der Waals surface area contributed by atoms with Gasteiger partial charge in [0, 0.05) is 25.4 Å². The average molecular weight is 211 g/mol. The van der Waals surface area contributed by atoms with Crippen molar-refractivity contribution in [3.8, 4) is 0 Å². The molecule has 1 heterocycles. The average Bonchev–Trinajstić information content (AvgIpc) is 2.34. The molecule has 1 aliphatic rings. The van der Waals surface area contributed by atoms with Crippen LogP contribution in [0.4, 0.5) is 13.2 Å². The lowest BCUT2D eigenvalue weighted by Gasteiger charge is -2.10. The van der Waals surface area contributed by atoms with Crippen molar-refractivity contribution in [1.29, 1.82) is 0 Å². The highest BCUT2D eigenvalue weighted by Gasteiger charge is 2.37. The second kappa shape index (κ2) is 3.61. The van der Waals surface area contributed by atoms with E-state index in [1.165, 1.54) is 11.8 Å². The summed E-state index contributed by atoms with van der Waals surface area (Å²) in [6, 6.07) is 0. The van der Waals surface area contributed by atoms with Gasteiger partial charge in [-0.2, -0.15) is 13.2 Å². The van der Waals surface area contributed by atoms with E-state index >= 15 is 0 Å². The Labute approximate surface area is 77.8 Å². The number of carbonyl (C=O) groups excluding carboxylic acids is 1. The van der Waals surface area contributed by atoms with Crippen LogP contribution in [0.2, 0.25) is 0 Å². The van der Waals surface area contributed by atoms with E-state index in [4.69, 9.17) is 0 Å². The zero-order chi connectivity index (χ0) is 10.1. The second-order valence-corrected chi connectivity index (χ2v) is 3.73. The lowest BCUT2D eigenvalue weighted by molar-refractivity contribution is -0.165. The summed E-state index contributed by atoms with van der Waals surface area (Å²) in [6.45, 7) is 0.682. The summed E-state index contributed by atoms with van der Waals surface area (Å²) in [6.07, 6.45) is -4.10. The molecule has 0 aromatic rings. The van der Waals surface area contributed by atoms with Gasteiger partial charge in [-0.05, 0) is 0 Å². The van der Waals surface area contributed by atoms with Crippen LogP contribution in [0, 0.1) is 0 Å². The molecule has 0 bridgehead atoms. The van der Waals surface area contributed by atoms with E-state index in [0.29, 0.717) is 17.6 Å². The Hall–Kier alpha value is -0.650. The van der Waals surface area contributed by atoms with Crippen LogP contribution in [0.5, 0.6) is 0 Å². The third-order valence-corrected chi connectivity index (χ3v) is 2.70. The first-order chi connectivity index (χ1) is 5.91. The van der Waals surface area contributed by atoms with Gasteiger partial charge in [0.2, 0.25) is 0 Å². The molecule has 0 N–H and O–H groups in total. The standard InChI is InChI=1S/C7H8F3NOS/c1-11-2-3-13-6(11)4-5(12)7(8,9)10/h4H,2-3H2,1H3/b6-4+. The molecule has 1 saturated heterocycles. The number of carbonyl (C=O) groups is 1. The maximum Gasteiger partial charge on any atom is 0.454 e. The first-order valence-electron chi connectivity index (χ1n) is 3.58. The molecule has 0 aliphatic carbocycles. The fourth-order valence-electron chi connectivity index (χ4n) is 0.853. The molecule has 1 fully saturated rings. The van der Waals surface area contributed by atoms with E-state index < -0.39 is 12.0 Å². The number of thioether (sulfide) groups is 1. The molecule has 1 rings (SSSR count). The monoisotopic (exact) mass is 211 g/mol. The topological polar surface area (TPSA) is 20.3 Å². The smallest absolute Gasteiger partial charge is 0.368 e. The van der Waals surface area contributed by atoms with E-state index in [0.717, 1.165) is 5.75 Å². The molecule has 0 spiro atoms. The highest BCUT2D eigenvalue weighted by molar-refractivity contribution is 8.03. The Morgan fingerprint density at radius 1 is 1.62 bits per heavy atom. The number of nitrogens with zero attached hydrogens (tertiary/aromatic N) is 1. The van der Waals surface area contributed by atoms with Crippen LogP contribution in [0.15, 0.2) is 11.1 Å². The SMILES string of the molecule is CN1CCS/C1=C/C(=O)C(F)(F)F. The van der Waals surface area contributed by atoms with Gasteiger partial charge in [0.1, 0.15) is 0 Å². The highest BCUT2D eigenvalue weighted by Crippen LogP contribution is 2.27. The molecular formula is C7H8F3NOS. The molecule has 0 saturated carbocycles. The van der Waals surface area contributed by atoms with E-state index in [1.807, 2.05) is 0 Å². The van der Waals surface area contributed by atoms with Crippen LogP contribution in [0.3, 0.4) is 0 Å². The van der Waals surface area contributed by atoms with Gasteiger partial charge in [-0.15, -0.1) is 11.8 Å². The van der Waals surface area contributed by atoms with Gasteiger partial charge < -0.3 is 4.90 Å². The Morgan fingerprint density at radius 3 is 2.62 bits per heavy atom. The quantitative estimate of drug-likeness (QED) is 0.615. The van der Waals surface area contributed by atoms with Crippen molar-refractivity contribution < 1.29 is 18.0 Å². The number of rotatable bonds is 1. The van der Waals surface area contributed by atoms with Gasteiger partial charge in [-0.1, -0.05) is 0 Å². The fourth-order valence-corrected chi connectivity index (χ4v) is 1.93. The zero-order valence-electron chi connectivity index (χ0n) is 6.89. The van der Waals surface area contributed by atoms with Crippen molar-refractivity contribution in [3.05, 3.63) is 11.1 Å². The van der Waals surface area contributed by atoms with Crippen molar-refractivity contribution >= 4 is 17.5 Å². The molecule has 6 heteroatoms. The predicted octanol–water partition coefficient (Wildman–Crippen LogP) is 1.64. The lowest BCUT2D eigenvalue weighted by Crippen LogP contribution is -2.22. The number of allylic oxidation sites excluding steroid dienone is 1. The fraction of sp³-hybridized carbons (Fsp3) is 0.571. The van der Waals surface area contributed by atoms with Crippen molar-refractivity contribution in [2.24, 2.45) is 0 Å². The van der Waals surface area contributed by atoms with Crippen molar-refractivity contribution in [3.63, 3.8) is 0 Å². The molecule has 0 aromatic carbocycles. The van der Waals surface area contributed by atoms with Gasteiger partial charge in [0.15, 0.2) is 0 Å². The molecule has 0 aromatic heterocycles. The normalized spacial score (nSPS) is 21.2. The van der Waals surface area contributed by atoms with Gasteiger partial charge in [0.05, 0.1) is 5.03 Å². The second-order valence-electron chi connectivity index (χ2n) is 2.61. The lowest BCUT2D eigenvalue weighted by atomic mass is 10.4. The van der Waals surface area contributed by atoms with E-state index in [1.54, 1.807) is 11.9 Å². The first kappa shape index (κ1) is 10.4. The van der Waals surface area contributed by atoms with Gasteiger partial charge in [-0.25, -0.2) is 0 Å². The van der Waals surface area contributed by atoms with Crippen molar-refractivity contribution in [2.75, 3.05) is 19.3 Å². The van der Waals surface area contributed by atoms with Crippen LogP contribution >= 0.6 is 11.8 Å². The minimum Gasteiger partial charge on any atom is -0.368 e. The van der Waals surface area contributed by atoms with Gasteiger partial charge >= 0.3 is 6.18 Å². The minimum absolute atomic E-state index is 0.391. The van der Waals surface area contributed by atoms with E-state index in [9.17, 15) is 18.0 Å². The largest absolute Gasteiger partial charge is 0.454 e. The number of hydrogen-bond acceptors (Lipinski definition) is 3. The molecular weight excluding hydrogens is 203 g/mol. The Kier molecular flexibility index (Phi) is 2.90. The molecule has 0 radical (unpaired) electrons. The number of halogens is 3. The maximum atomic E-state index is 11.8. The molecule has 0 amide bonds. The predicted molar refractivity (Wildman–Crippen MR) is 44.2 cm³/mol. The van der Waals surface area contributed by atoms with Crippen molar-refractivity contribution in [2.45, 2.75) is 6.18 Å². The molecule has 13 heavy (non-hydrogen) atoms. The zero-order valence-corrected chi connectivity index (χ0v) is 7.71. The van der Waals surface area contributed by atoms with Gasteiger partial charge in [0.25, 0.3) is 5.78 Å². The molecule has 0 atom stereocenters. The molecule has 2 nitrogen and oxygen atoms in total. The minimum atomic E-state index is -4.75. The van der Waals surface area contributed by atoms with Crippen LogP contribution in [-0.2, 0) is 4.79 Å². The first-order valence-corrected chi connectivity index (χ1v) is 4.56. The maximum absolute atomic E-state index is 11.8. The summed E-state index contributed by atoms with van der Waals surface area (Å²) < 4.78 is 35.4. The van der Waals surface area contributed by atoms with Crippen LogP contribution < -0.4 is 0 Å². The van der Waals surface area contributed by atoms with Crippen LogP contribution in [0.1, 0.15) is 0 Å². The van der Waals surface area contributed by atoms with Crippen molar-refractivity contribution in [1.82, 2.24) is 4.90 Å². The number of ketones is 1. The number of alkyl halides is 3. The highest BCUT2D eigenvalue weighted by atomic mass is 32.2. The Balaban J connectivity index is 2.71. The molecule has 74 valence electrons. The summed E-state index contributed by atoms with van der Waals surface area (Å²) in [5.41, 5.74) is 0. The summed E-state index contributed by atoms with van der Waals surface area (Å²) in [7, 11) is 1.66. The van der Waals surface area contributed by atoms with E-state index in [2.05, 4.69) is 0 Å². The Morgan fingerprint density at radius 2 is 2.23 bits per heavy atom. The molecule has 1 aliphatic heterocycles. The summed E-state index contributed by atoms with van der Waals surface area (Å²) >= 11 is 1.26. The summed E-state index contributed by atoms with van der Waals surface area (Å²) in [5, 5.41) is 0.391. The summed E-state index contributed by atoms with van der Waals surface area (Å²) in [4.78, 5) is 12.2. The Bertz CT molecular complexity index is 249. The number of hydrogen-bond donors (Lipinski definition) is 0. The summed E-state index contributed by atoms with van der Waals surface area (Å²) in [5.74, 6) is -1.06. The van der Waals surface area contributed by atoms with Crippen LogP contribution in [-0.4, -0.2) is 36.2 Å². The third-order valence-electron chi connectivity index (χ3n) is 1.59. The molecule has 0 unspecified atom stereocenters.